The van der Waals surface area contributed by atoms with Crippen LogP contribution in [0.4, 0.5) is 0 Å². The van der Waals surface area contributed by atoms with Gasteiger partial charge in [-0.2, -0.15) is 0 Å². The van der Waals surface area contributed by atoms with Gasteiger partial charge in [0.05, 0.1) is 6.04 Å². The van der Waals surface area contributed by atoms with E-state index in [9.17, 15) is 4.79 Å². The zero-order valence-corrected chi connectivity index (χ0v) is 8.50. The van der Waals surface area contributed by atoms with Crippen LogP contribution in [0.25, 0.3) is 0 Å². The Morgan fingerprint density at radius 2 is 2.08 bits per heavy atom. The second kappa shape index (κ2) is 3.56. The second-order valence-corrected chi connectivity index (χ2v) is 4.17. The Hall–Kier alpha value is -0.370. The fourth-order valence-electron chi connectivity index (χ4n) is 2.11. The van der Waals surface area contributed by atoms with Gasteiger partial charge in [-0.1, -0.05) is 6.92 Å². The number of Topliss-reactive ketones (excluding diaryl/α,β-unsaturated/α-hetero) is 1. The lowest BCUT2D eigenvalue weighted by Gasteiger charge is -2.26. The van der Waals surface area contributed by atoms with Crippen molar-refractivity contribution in [3.05, 3.63) is 0 Å². The molecule has 12 heavy (non-hydrogen) atoms. The summed E-state index contributed by atoms with van der Waals surface area (Å²) in [5, 5.41) is 0. The standard InChI is InChI=1S/C10H19NO/c1-7-5-8(2)11(6-7)9(3)10(4)12/h7-9H,5-6H2,1-4H3. The number of hydrogen-bond acceptors (Lipinski definition) is 2. The van der Waals surface area contributed by atoms with Gasteiger partial charge in [-0.05, 0) is 33.1 Å². The molecule has 0 N–H and O–H groups in total. The normalized spacial score (nSPS) is 33.7. The molecule has 0 aliphatic carbocycles. The summed E-state index contributed by atoms with van der Waals surface area (Å²) < 4.78 is 0. The Balaban J connectivity index is 2.57. The molecule has 0 spiro atoms. The molecule has 0 radical (unpaired) electrons. The van der Waals surface area contributed by atoms with E-state index in [2.05, 4.69) is 18.7 Å². The minimum atomic E-state index is 0.116. The topological polar surface area (TPSA) is 20.3 Å². The summed E-state index contributed by atoms with van der Waals surface area (Å²) in [4.78, 5) is 13.5. The Morgan fingerprint density at radius 1 is 1.50 bits per heavy atom. The first-order valence-corrected chi connectivity index (χ1v) is 4.78. The van der Waals surface area contributed by atoms with Crippen molar-refractivity contribution in [3.8, 4) is 0 Å². The van der Waals surface area contributed by atoms with Crippen LogP contribution < -0.4 is 0 Å². The van der Waals surface area contributed by atoms with Gasteiger partial charge in [-0.15, -0.1) is 0 Å². The SMILES string of the molecule is CC(=O)C(C)N1CC(C)CC1C. The fourth-order valence-corrected chi connectivity index (χ4v) is 2.11. The predicted octanol–water partition coefficient (Wildman–Crippen LogP) is 1.69. The monoisotopic (exact) mass is 169 g/mol. The van der Waals surface area contributed by atoms with Gasteiger partial charge in [-0.25, -0.2) is 0 Å². The number of ketones is 1. The number of carbonyl (C=O) groups excluding carboxylic acids is 1. The number of nitrogens with zero attached hydrogens (tertiary/aromatic N) is 1. The lowest BCUT2D eigenvalue weighted by atomic mass is 10.1. The minimum Gasteiger partial charge on any atom is -0.298 e. The molecule has 0 bridgehead atoms. The van der Waals surface area contributed by atoms with Crippen LogP contribution in [0.5, 0.6) is 0 Å². The molecule has 0 aromatic carbocycles. The summed E-state index contributed by atoms with van der Waals surface area (Å²) in [6.07, 6.45) is 1.23. The highest BCUT2D eigenvalue weighted by Gasteiger charge is 2.31. The molecule has 1 aliphatic heterocycles. The third-order valence-corrected chi connectivity index (χ3v) is 2.92. The van der Waals surface area contributed by atoms with Crippen molar-refractivity contribution in [3.63, 3.8) is 0 Å². The van der Waals surface area contributed by atoms with Crippen molar-refractivity contribution in [2.75, 3.05) is 6.54 Å². The first-order chi connectivity index (χ1) is 5.52. The van der Waals surface area contributed by atoms with E-state index in [0.717, 1.165) is 12.5 Å². The number of hydrogen-bond donors (Lipinski definition) is 0. The zero-order valence-electron chi connectivity index (χ0n) is 8.50. The van der Waals surface area contributed by atoms with Gasteiger partial charge in [-0.3, -0.25) is 9.69 Å². The third kappa shape index (κ3) is 1.86. The van der Waals surface area contributed by atoms with E-state index in [1.807, 2.05) is 6.92 Å². The maximum absolute atomic E-state index is 11.1. The molecule has 3 atom stereocenters. The molecule has 0 aromatic heterocycles. The Bertz CT molecular complexity index is 179. The van der Waals surface area contributed by atoms with Crippen LogP contribution >= 0.6 is 0 Å². The van der Waals surface area contributed by atoms with Crippen molar-refractivity contribution in [2.24, 2.45) is 5.92 Å². The van der Waals surface area contributed by atoms with Gasteiger partial charge in [0.2, 0.25) is 0 Å². The summed E-state index contributed by atoms with van der Waals surface area (Å²) in [6, 6.07) is 0.698. The lowest BCUT2D eigenvalue weighted by molar-refractivity contribution is -0.121. The first-order valence-electron chi connectivity index (χ1n) is 4.78. The Labute approximate surface area is 74.9 Å². The van der Waals surface area contributed by atoms with Crippen LogP contribution in [-0.4, -0.2) is 29.3 Å². The number of carbonyl (C=O) groups is 1. The van der Waals surface area contributed by atoms with Crippen LogP contribution in [0, 0.1) is 5.92 Å². The van der Waals surface area contributed by atoms with Gasteiger partial charge in [0.15, 0.2) is 0 Å². The first kappa shape index (κ1) is 9.72. The van der Waals surface area contributed by atoms with E-state index >= 15 is 0 Å². The molecule has 2 heteroatoms. The van der Waals surface area contributed by atoms with Gasteiger partial charge in [0.1, 0.15) is 5.78 Å². The van der Waals surface area contributed by atoms with Gasteiger partial charge in [0, 0.05) is 12.6 Å². The van der Waals surface area contributed by atoms with Crippen LogP contribution in [-0.2, 0) is 4.79 Å². The molecule has 1 saturated heterocycles. The average molecular weight is 169 g/mol. The highest BCUT2D eigenvalue weighted by atomic mass is 16.1. The number of likely N-dealkylation sites (tertiary alicyclic amines) is 1. The molecule has 0 amide bonds. The summed E-state index contributed by atoms with van der Waals surface area (Å²) >= 11 is 0. The highest BCUT2D eigenvalue weighted by molar-refractivity contribution is 5.81. The molecule has 2 nitrogen and oxygen atoms in total. The van der Waals surface area contributed by atoms with Gasteiger partial charge in [0.25, 0.3) is 0 Å². The molecule has 3 unspecified atom stereocenters. The molecule has 70 valence electrons. The van der Waals surface area contributed by atoms with E-state index in [-0.39, 0.29) is 11.8 Å². The lowest BCUT2D eigenvalue weighted by Crippen LogP contribution is -2.40. The van der Waals surface area contributed by atoms with Crippen molar-refractivity contribution in [1.29, 1.82) is 0 Å². The van der Waals surface area contributed by atoms with Crippen LogP contribution in [0.15, 0.2) is 0 Å². The highest BCUT2D eigenvalue weighted by Crippen LogP contribution is 2.24. The van der Waals surface area contributed by atoms with Crippen molar-refractivity contribution >= 4 is 5.78 Å². The molecule has 1 heterocycles. The van der Waals surface area contributed by atoms with Crippen LogP contribution in [0.3, 0.4) is 0 Å². The zero-order chi connectivity index (χ0) is 9.30. The summed E-state index contributed by atoms with van der Waals surface area (Å²) in [6.45, 7) is 9.24. The van der Waals surface area contributed by atoms with Crippen molar-refractivity contribution < 1.29 is 4.79 Å². The largest absolute Gasteiger partial charge is 0.298 e. The predicted molar refractivity (Wildman–Crippen MR) is 50.1 cm³/mol. The van der Waals surface area contributed by atoms with Gasteiger partial charge < -0.3 is 0 Å². The van der Waals surface area contributed by atoms with E-state index in [1.165, 1.54) is 6.42 Å². The Morgan fingerprint density at radius 3 is 2.42 bits per heavy atom. The van der Waals surface area contributed by atoms with E-state index in [4.69, 9.17) is 0 Å². The summed E-state index contributed by atoms with van der Waals surface area (Å²) in [5.74, 6) is 1.04. The maximum atomic E-state index is 11.1. The van der Waals surface area contributed by atoms with Crippen molar-refractivity contribution in [1.82, 2.24) is 4.90 Å². The molecule has 1 aliphatic rings. The molecular weight excluding hydrogens is 150 g/mol. The van der Waals surface area contributed by atoms with Crippen LogP contribution in [0.2, 0.25) is 0 Å². The second-order valence-electron chi connectivity index (χ2n) is 4.17. The quantitative estimate of drug-likeness (QED) is 0.627. The minimum absolute atomic E-state index is 0.116. The third-order valence-electron chi connectivity index (χ3n) is 2.92. The summed E-state index contributed by atoms with van der Waals surface area (Å²) in [5.41, 5.74) is 0. The molecule has 0 saturated carbocycles. The summed E-state index contributed by atoms with van der Waals surface area (Å²) in [7, 11) is 0. The van der Waals surface area contributed by atoms with Crippen LogP contribution in [0.1, 0.15) is 34.1 Å². The molecule has 1 rings (SSSR count). The average Bonchev–Trinajstić information content (AvgIpc) is 2.28. The Kier molecular flexibility index (Phi) is 2.89. The van der Waals surface area contributed by atoms with Gasteiger partial charge >= 0.3 is 0 Å². The van der Waals surface area contributed by atoms with E-state index in [1.54, 1.807) is 6.92 Å². The van der Waals surface area contributed by atoms with Crippen molar-refractivity contribution in [2.45, 2.75) is 46.2 Å². The van der Waals surface area contributed by atoms with E-state index < -0.39 is 0 Å². The fraction of sp³-hybridized carbons (Fsp3) is 0.900. The molecule has 0 aromatic rings. The molecule has 1 fully saturated rings. The number of rotatable bonds is 2. The maximum Gasteiger partial charge on any atom is 0.146 e. The molecular formula is C10H19NO. The van der Waals surface area contributed by atoms with E-state index in [0.29, 0.717) is 6.04 Å². The smallest absolute Gasteiger partial charge is 0.146 e.